The van der Waals surface area contributed by atoms with E-state index in [2.05, 4.69) is 86.2 Å². The van der Waals surface area contributed by atoms with Crippen LogP contribution in [0.5, 0.6) is 0 Å². The van der Waals surface area contributed by atoms with Gasteiger partial charge in [-0.1, -0.05) is 61.9 Å². The Morgan fingerprint density at radius 3 is 2.26 bits per heavy atom. The molecule has 0 aliphatic carbocycles. The van der Waals surface area contributed by atoms with Crippen LogP contribution >= 0.6 is 0 Å². The number of likely N-dealkylation sites (N-methyl/N-ethyl adjacent to an activating group) is 1. The second kappa shape index (κ2) is 14.4. The largest absolute Gasteiger partial charge is 0.386 e. The van der Waals surface area contributed by atoms with Gasteiger partial charge in [-0.25, -0.2) is 0 Å². The molecule has 4 heteroatoms. The first kappa shape index (κ1) is 26.5. The minimum Gasteiger partial charge on any atom is -0.386 e. The van der Waals surface area contributed by atoms with Crippen LogP contribution in [0.2, 0.25) is 0 Å². The summed E-state index contributed by atoms with van der Waals surface area (Å²) in [5.41, 5.74) is 19.8. The Balaban J connectivity index is 0.00000233. The first-order valence-corrected chi connectivity index (χ1v) is 11.3. The number of hydrogen-bond acceptors (Lipinski definition) is 4. The third-order valence-electron chi connectivity index (χ3n) is 5.34. The van der Waals surface area contributed by atoms with E-state index in [9.17, 15) is 0 Å². The van der Waals surface area contributed by atoms with E-state index in [1.807, 2.05) is 7.05 Å². The van der Waals surface area contributed by atoms with E-state index < -0.39 is 0 Å². The quantitative estimate of drug-likeness (QED) is 0.307. The molecule has 170 valence electrons. The summed E-state index contributed by atoms with van der Waals surface area (Å²) in [6, 6.07) is 13.4. The fourth-order valence-electron chi connectivity index (χ4n) is 3.52. The topological polar surface area (TPSA) is 76.1 Å². The molecule has 2 aromatic rings. The lowest BCUT2D eigenvalue weighted by atomic mass is 9.92. The number of nitrogens with two attached hydrogens (primary N) is 2. The molecule has 2 rings (SSSR count). The number of nitrogens with one attached hydrogen (secondary N) is 2. The normalized spacial score (nSPS) is 10.9. The smallest absolute Gasteiger partial charge is 0.0573 e. The van der Waals surface area contributed by atoms with Crippen LogP contribution in [0.3, 0.4) is 0 Å². The molecule has 0 aliphatic heterocycles. The number of benzene rings is 2. The highest BCUT2D eigenvalue weighted by molar-refractivity contribution is 5.72. The first-order chi connectivity index (χ1) is 15.0. The van der Waals surface area contributed by atoms with Crippen LogP contribution in [0.4, 0.5) is 0 Å². The van der Waals surface area contributed by atoms with Gasteiger partial charge in [0.2, 0.25) is 0 Å². The average molecular weight is 423 g/mol. The van der Waals surface area contributed by atoms with Crippen molar-refractivity contribution in [2.45, 2.75) is 46.5 Å². The van der Waals surface area contributed by atoms with Crippen LogP contribution in [0.15, 0.2) is 54.4 Å². The highest BCUT2D eigenvalue weighted by Crippen LogP contribution is 2.28. The van der Waals surface area contributed by atoms with Gasteiger partial charge in [0.05, 0.1) is 11.4 Å². The van der Waals surface area contributed by atoms with Crippen molar-refractivity contribution in [1.29, 1.82) is 0 Å². The molecule has 0 saturated heterocycles. The molecule has 0 aromatic heterocycles. The molecule has 0 saturated carbocycles. The minimum absolute atomic E-state index is 0.764. The van der Waals surface area contributed by atoms with Crippen molar-refractivity contribution in [3.63, 3.8) is 0 Å². The lowest BCUT2D eigenvalue weighted by Crippen LogP contribution is -2.21. The van der Waals surface area contributed by atoms with E-state index in [1.165, 1.54) is 40.4 Å². The molecule has 6 N–H and O–H groups in total. The Morgan fingerprint density at radius 2 is 1.68 bits per heavy atom. The third kappa shape index (κ3) is 8.23. The predicted molar refractivity (Wildman–Crippen MR) is 138 cm³/mol. The lowest BCUT2D eigenvalue weighted by molar-refractivity contribution is 0.649. The van der Waals surface area contributed by atoms with Crippen molar-refractivity contribution >= 4 is 6.08 Å². The van der Waals surface area contributed by atoms with Gasteiger partial charge in [0, 0.05) is 13.6 Å². The molecule has 0 heterocycles. The highest BCUT2D eigenvalue weighted by Gasteiger charge is 2.09. The van der Waals surface area contributed by atoms with Gasteiger partial charge >= 0.3 is 0 Å². The molecule has 0 fully saturated rings. The number of unbranched alkanes of at least 4 members (excludes halogenated alkanes) is 2. The van der Waals surface area contributed by atoms with Gasteiger partial charge in [0.1, 0.15) is 0 Å². The zero-order chi connectivity index (χ0) is 23.2. The van der Waals surface area contributed by atoms with Gasteiger partial charge in [-0.2, -0.15) is 0 Å². The monoisotopic (exact) mass is 422 g/mol. The van der Waals surface area contributed by atoms with Crippen molar-refractivity contribution in [2.75, 3.05) is 27.2 Å². The molecule has 2 aromatic carbocycles. The highest BCUT2D eigenvalue weighted by atomic mass is 15.0. The summed E-state index contributed by atoms with van der Waals surface area (Å²) in [5.74, 6) is 0. The van der Waals surface area contributed by atoms with Crippen LogP contribution in [0, 0.1) is 13.8 Å². The molecule has 0 atom stereocenters. The Labute approximate surface area is 189 Å². The van der Waals surface area contributed by atoms with Gasteiger partial charge in [-0.15, -0.1) is 0 Å². The second-order valence-electron chi connectivity index (χ2n) is 7.65. The standard InChI is InChI=1S/C26H37N3.CH5N/c1-6-22-17-24(23-12-10-19(2)11-13-23)16-20(3)25(22)18-26(28-5)21(4)29-15-9-7-8-14-27;1-2/h10-13,16-18,28-29H,4,6-9,14-15,27H2,1-3,5H3;2H2,1H3/b26-18-;. The van der Waals surface area contributed by atoms with Crippen LogP contribution in [0.25, 0.3) is 17.2 Å². The minimum atomic E-state index is 0.764. The van der Waals surface area contributed by atoms with E-state index in [1.54, 1.807) is 0 Å². The Hall–Kier alpha value is -2.56. The van der Waals surface area contributed by atoms with Crippen molar-refractivity contribution in [3.05, 3.63) is 76.6 Å². The summed E-state index contributed by atoms with van der Waals surface area (Å²) in [5, 5.41) is 6.76. The maximum Gasteiger partial charge on any atom is 0.0573 e. The van der Waals surface area contributed by atoms with E-state index in [0.29, 0.717) is 0 Å². The molecule has 0 bridgehead atoms. The Kier molecular flexibility index (Phi) is 12.3. The Bertz CT molecular complexity index is 835. The summed E-state index contributed by atoms with van der Waals surface area (Å²) in [7, 11) is 3.45. The molecular formula is C27H42N4. The van der Waals surface area contributed by atoms with Crippen molar-refractivity contribution in [3.8, 4) is 11.1 Å². The molecule has 0 amide bonds. The van der Waals surface area contributed by atoms with Crippen LogP contribution in [0.1, 0.15) is 48.4 Å². The fraction of sp³-hybridized carbons (Fsp3) is 0.407. The molecule has 0 unspecified atom stereocenters. The summed E-state index contributed by atoms with van der Waals surface area (Å²) < 4.78 is 0. The van der Waals surface area contributed by atoms with E-state index in [4.69, 9.17) is 5.73 Å². The van der Waals surface area contributed by atoms with Gasteiger partial charge in [-0.05, 0) is 80.6 Å². The predicted octanol–water partition coefficient (Wildman–Crippen LogP) is 4.90. The van der Waals surface area contributed by atoms with E-state index in [0.717, 1.165) is 50.2 Å². The van der Waals surface area contributed by atoms with Gasteiger partial charge in [-0.3, -0.25) is 0 Å². The van der Waals surface area contributed by atoms with Crippen molar-refractivity contribution in [2.24, 2.45) is 11.5 Å². The molecule has 0 aliphatic rings. The zero-order valence-corrected chi connectivity index (χ0v) is 20.1. The summed E-state index contributed by atoms with van der Waals surface area (Å²) in [6.45, 7) is 12.5. The van der Waals surface area contributed by atoms with Crippen LogP contribution in [-0.4, -0.2) is 27.2 Å². The molecule has 0 radical (unpaired) electrons. The molecule has 0 spiro atoms. The Morgan fingerprint density at radius 1 is 1.00 bits per heavy atom. The van der Waals surface area contributed by atoms with E-state index in [-0.39, 0.29) is 0 Å². The first-order valence-electron chi connectivity index (χ1n) is 11.3. The molecule has 4 nitrogen and oxygen atoms in total. The van der Waals surface area contributed by atoms with E-state index >= 15 is 0 Å². The summed E-state index contributed by atoms with van der Waals surface area (Å²) in [4.78, 5) is 0. The number of rotatable bonds is 11. The third-order valence-corrected chi connectivity index (χ3v) is 5.34. The van der Waals surface area contributed by atoms with Crippen LogP contribution < -0.4 is 22.1 Å². The fourth-order valence-corrected chi connectivity index (χ4v) is 3.52. The lowest BCUT2D eigenvalue weighted by Gasteiger charge is -2.17. The van der Waals surface area contributed by atoms with Gasteiger partial charge < -0.3 is 22.1 Å². The molecular weight excluding hydrogens is 380 g/mol. The van der Waals surface area contributed by atoms with Crippen molar-refractivity contribution < 1.29 is 0 Å². The summed E-state index contributed by atoms with van der Waals surface area (Å²) >= 11 is 0. The zero-order valence-electron chi connectivity index (χ0n) is 20.1. The molecule has 31 heavy (non-hydrogen) atoms. The summed E-state index contributed by atoms with van der Waals surface area (Å²) in [6.07, 6.45) is 6.55. The SMILES string of the molecule is C=C(NCCCCCN)/C(=C/c1c(C)cc(-c2ccc(C)cc2)cc1CC)NC.CN. The average Bonchev–Trinajstić information content (AvgIpc) is 2.79. The number of hydrogen-bond donors (Lipinski definition) is 4. The number of aryl methyl sites for hydroxylation is 3. The van der Waals surface area contributed by atoms with Crippen molar-refractivity contribution in [1.82, 2.24) is 10.6 Å². The maximum atomic E-state index is 5.56. The van der Waals surface area contributed by atoms with Gasteiger partial charge in [0.15, 0.2) is 0 Å². The second-order valence-corrected chi connectivity index (χ2v) is 7.65. The maximum absolute atomic E-state index is 5.56. The van der Waals surface area contributed by atoms with Gasteiger partial charge in [0.25, 0.3) is 0 Å². The van der Waals surface area contributed by atoms with Crippen LogP contribution in [-0.2, 0) is 6.42 Å².